The summed E-state index contributed by atoms with van der Waals surface area (Å²) >= 11 is 0. The third kappa shape index (κ3) is 3.18. The predicted octanol–water partition coefficient (Wildman–Crippen LogP) is 2.17. The van der Waals surface area contributed by atoms with Crippen molar-refractivity contribution in [1.29, 1.82) is 0 Å². The zero-order valence-electron chi connectivity index (χ0n) is 9.78. The third-order valence-corrected chi connectivity index (χ3v) is 3.46. The Balaban J connectivity index is 2.29. The summed E-state index contributed by atoms with van der Waals surface area (Å²) in [7, 11) is -4.16. The van der Waals surface area contributed by atoms with Crippen LogP contribution < -0.4 is 5.32 Å². The molecule has 2 rings (SSSR count). The first-order chi connectivity index (χ1) is 9.00. The zero-order chi connectivity index (χ0) is 13.9. The van der Waals surface area contributed by atoms with Gasteiger partial charge in [-0.3, -0.25) is 9.35 Å². The largest absolute Gasteiger partial charge is 0.329 e. The van der Waals surface area contributed by atoms with Crippen LogP contribution in [0.2, 0.25) is 0 Å². The van der Waals surface area contributed by atoms with E-state index in [1.807, 2.05) is 0 Å². The number of rotatable bonds is 4. The van der Waals surface area contributed by atoms with Gasteiger partial charge in [-0.2, -0.15) is 8.42 Å². The topological polar surface area (TPSA) is 83.5 Å². The van der Waals surface area contributed by atoms with E-state index in [4.69, 9.17) is 4.55 Å². The van der Waals surface area contributed by atoms with Crippen LogP contribution in [0, 0.1) is 0 Å². The van der Waals surface area contributed by atoms with Gasteiger partial charge in [-0.1, -0.05) is 24.3 Å². The molecular formula is C13H11NO4S. The Morgan fingerprint density at radius 1 is 0.895 bits per heavy atom. The average molecular weight is 277 g/mol. The van der Waals surface area contributed by atoms with Gasteiger partial charge >= 0.3 is 0 Å². The summed E-state index contributed by atoms with van der Waals surface area (Å²) in [4.78, 5) is 10.1. The van der Waals surface area contributed by atoms with Crippen molar-refractivity contribution in [2.75, 3.05) is 5.32 Å². The molecule has 6 heteroatoms. The number of carbonyl (C=O) groups excluding carboxylic acids is 1. The fraction of sp³-hybridized carbons (Fsp3) is 0. The highest BCUT2D eigenvalue weighted by molar-refractivity contribution is 7.85. The van der Waals surface area contributed by atoms with Crippen molar-refractivity contribution < 1.29 is 17.8 Å². The summed E-state index contributed by atoms with van der Waals surface area (Å²) in [5, 5.41) is 2.52. The van der Waals surface area contributed by atoms with Crippen molar-refractivity contribution >= 4 is 22.2 Å². The second-order valence-corrected chi connectivity index (χ2v) is 5.26. The Bertz CT molecular complexity index is 676. The van der Waals surface area contributed by atoms with E-state index >= 15 is 0 Å². The van der Waals surface area contributed by atoms with E-state index in [0.29, 0.717) is 12.1 Å². The molecular weight excluding hydrogens is 266 g/mol. The monoisotopic (exact) mass is 277 g/mol. The fourth-order valence-electron chi connectivity index (χ4n) is 1.65. The quantitative estimate of drug-likeness (QED) is 0.662. The molecule has 0 saturated carbocycles. The Morgan fingerprint density at radius 3 is 1.79 bits per heavy atom. The minimum Gasteiger partial charge on any atom is -0.329 e. The van der Waals surface area contributed by atoms with Crippen LogP contribution in [0.15, 0.2) is 53.4 Å². The van der Waals surface area contributed by atoms with Gasteiger partial charge in [0.05, 0.1) is 4.90 Å². The number of carbonyl (C=O) groups is 1. The van der Waals surface area contributed by atoms with Crippen LogP contribution >= 0.6 is 0 Å². The van der Waals surface area contributed by atoms with Crippen LogP contribution in [0.1, 0.15) is 0 Å². The third-order valence-electron chi connectivity index (χ3n) is 2.60. The van der Waals surface area contributed by atoms with Crippen LogP contribution in [0.4, 0.5) is 5.69 Å². The van der Waals surface area contributed by atoms with Gasteiger partial charge in [-0.15, -0.1) is 0 Å². The van der Waals surface area contributed by atoms with Crippen molar-refractivity contribution in [2.24, 2.45) is 0 Å². The summed E-state index contributed by atoms with van der Waals surface area (Å²) in [5.41, 5.74) is 2.36. The lowest BCUT2D eigenvalue weighted by Gasteiger charge is -2.04. The maximum Gasteiger partial charge on any atom is 0.294 e. The molecule has 5 nitrogen and oxygen atoms in total. The van der Waals surface area contributed by atoms with Crippen LogP contribution in [-0.4, -0.2) is 19.4 Å². The molecule has 0 atom stereocenters. The van der Waals surface area contributed by atoms with Crippen molar-refractivity contribution in [3.05, 3.63) is 48.5 Å². The molecule has 0 aliphatic rings. The molecule has 0 bridgehead atoms. The summed E-state index contributed by atoms with van der Waals surface area (Å²) in [6.07, 6.45) is 0.593. The minimum atomic E-state index is -4.16. The number of hydrogen-bond donors (Lipinski definition) is 2. The van der Waals surface area contributed by atoms with Gasteiger partial charge in [0, 0.05) is 5.69 Å². The minimum absolute atomic E-state index is 0.143. The molecule has 0 unspecified atom stereocenters. The highest BCUT2D eigenvalue weighted by atomic mass is 32.2. The summed E-state index contributed by atoms with van der Waals surface area (Å²) in [6, 6.07) is 12.9. The van der Waals surface area contributed by atoms with Crippen LogP contribution in [0.3, 0.4) is 0 Å². The van der Waals surface area contributed by atoms with Crippen molar-refractivity contribution in [1.82, 2.24) is 0 Å². The van der Waals surface area contributed by atoms with Gasteiger partial charge in [0.2, 0.25) is 6.41 Å². The van der Waals surface area contributed by atoms with Gasteiger partial charge < -0.3 is 5.32 Å². The zero-order valence-corrected chi connectivity index (χ0v) is 10.6. The van der Waals surface area contributed by atoms with Gasteiger partial charge in [-0.05, 0) is 35.4 Å². The molecule has 2 aromatic carbocycles. The molecule has 2 N–H and O–H groups in total. The molecule has 19 heavy (non-hydrogen) atoms. The van der Waals surface area contributed by atoms with E-state index in [1.165, 1.54) is 12.1 Å². The van der Waals surface area contributed by atoms with Gasteiger partial charge in [0.1, 0.15) is 0 Å². The second-order valence-electron chi connectivity index (χ2n) is 3.84. The van der Waals surface area contributed by atoms with Gasteiger partial charge in [0.25, 0.3) is 10.1 Å². The summed E-state index contributed by atoms with van der Waals surface area (Å²) < 4.78 is 30.7. The highest BCUT2D eigenvalue weighted by Gasteiger charge is 2.08. The normalized spacial score (nSPS) is 11.0. The van der Waals surface area contributed by atoms with Crippen molar-refractivity contribution in [3.63, 3.8) is 0 Å². The lowest BCUT2D eigenvalue weighted by Crippen LogP contribution is -1.97. The van der Waals surface area contributed by atoms with E-state index < -0.39 is 10.1 Å². The molecule has 0 fully saturated rings. The van der Waals surface area contributed by atoms with Crippen LogP contribution in [-0.2, 0) is 14.9 Å². The van der Waals surface area contributed by atoms with Gasteiger partial charge in [-0.25, -0.2) is 0 Å². The maximum absolute atomic E-state index is 10.9. The SMILES string of the molecule is O=CNc1ccc(-c2ccc(S(=O)(=O)O)cc2)cc1. The molecule has 0 aliphatic heterocycles. The molecule has 98 valence electrons. The average Bonchev–Trinajstić information content (AvgIpc) is 2.39. The van der Waals surface area contributed by atoms with E-state index in [0.717, 1.165) is 11.1 Å². The number of nitrogens with one attached hydrogen (secondary N) is 1. The first kappa shape index (κ1) is 13.3. The first-order valence-corrected chi connectivity index (χ1v) is 6.83. The Hall–Kier alpha value is -2.18. The predicted molar refractivity (Wildman–Crippen MR) is 71.4 cm³/mol. The van der Waals surface area contributed by atoms with E-state index in [9.17, 15) is 13.2 Å². The standard InChI is InChI=1S/C13H11NO4S/c15-9-14-12-5-1-10(2-6-12)11-3-7-13(8-4-11)19(16,17)18/h1-9H,(H,14,15)(H,16,17,18). The van der Waals surface area contributed by atoms with Crippen molar-refractivity contribution in [3.8, 4) is 11.1 Å². The fourth-order valence-corrected chi connectivity index (χ4v) is 2.13. The molecule has 1 amide bonds. The maximum atomic E-state index is 10.9. The highest BCUT2D eigenvalue weighted by Crippen LogP contribution is 2.22. The number of benzene rings is 2. The summed E-state index contributed by atoms with van der Waals surface area (Å²) in [6.45, 7) is 0. The lowest BCUT2D eigenvalue weighted by atomic mass is 10.1. The van der Waals surface area contributed by atoms with E-state index in [1.54, 1.807) is 36.4 Å². The molecule has 2 aromatic rings. The lowest BCUT2D eigenvalue weighted by molar-refractivity contribution is -0.105. The molecule has 0 heterocycles. The van der Waals surface area contributed by atoms with E-state index in [-0.39, 0.29) is 4.90 Å². The van der Waals surface area contributed by atoms with Crippen LogP contribution in [0.25, 0.3) is 11.1 Å². The smallest absolute Gasteiger partial charge is 0.294 e. The molecule has 0 radical (unpaired) electrons. The van der Waals surface area contributed by atoms with Gasteiger partial charge in [0.15, 0.2) is 0 Å². The Labute approximate surface area is 110 Å². The molecule has 0 aliphatic carbocycles. The number of anilines is 1. The van der Waals surface area contributed by atoms with Crippen LogP contribution in [0.5, 0.6) is 0 Å². The Kier molecular flexibility index (Phi) is 3.64. The molecule has 0 saturated heterocycles. The first-order valence-electron chi connectivity index (χ1n) is 5.39. The van der Waals surface area contributed by atoms with Crippen molar-refractivity contribution in [2.45, 2.75) is 4.90 Å². The number of hydrogen-bond acceptors (Lipinski definition) is 3. The molecule has 0 spiro atoms. The number of amides is 1. The molecule has 0 aromatic heterocycles. The Morgan fingerprint density at radius 2 is 1.37 bits per heavy atom. The summed E-state index contributed by atoms with van der Waals surface area (Å²) in [5.74, 6) is 0. The second kappa shape index (κ2) is 5.21. The van der Waals surface area contributed by atoms with E-state index in [2.05, 4.69) is 5.32 Å².